The molecule has 0 N–H and O–H groups in total. The SMILES string of the molecule is CC(C)B(C1=[CH][Sn]([CH3])([CH3])[CH]=C1C(C)C)C(C)C. The molecule has 0 aromatic carbocycles. The van der Waals surface area contributed by atoms with E-state index in [1.165, 1.54) is 0 Å². The summed E-state index contributed by atoms with van der Waals surface area (Å²) in [5.41, 5.74) is 3.39. The second kappa shape index (κ2) is 5.54. The van der Waals surface area contributed by atoms with E-state index in [9.17, 15) is 0 Å². The third-order valence-electron chi connectivity index (χ3n) is 3.81. The molecule has 1 heterocycles. The van der Waals surface area contributed by atoms with Gasteiger partial charge in [0.15, 0.2) is 0 Å². The monoisotopic (exact) mass is 340 g/mol. The average Bonchev–Trinajstić information content (AvgIpc) is 2.40. The molecular formula is C15H29BSn. The number of hydrogen-bond donors (Lipinski definition) is 0. The first-order valence-electron chi connectivity index (χ1n) is 7.11. The van der Waals surface area contributed by atoms with Crippen molar-refractivity contribution in [2.24, 2.45) is 5.92 Å². The summed E-state index contributed by atoms with van der Waals surface area (Å²) in [7, 11) is 0. The van der Waals surface area contributed by atoms with Crippen molar-refractivity contribution in [3.63, 3.8) is 0 Å². The first-order valence-corrected chi connectivity index (χ1v) is 16.1. The molecule has 0 saturated carbocycles. The summed E-state index contributed by atoms with van der Waals surface area (Å²) in [6.07, 6.45) is 0. The fraction of sp³-hybridized carbons (Fsp3) is 0.733. The van der Waals surface area contributed by atoms with Crippen molar-refractivity contribution in [2.75, 3.05) is 0 Å². The maximum absolute atomic E-state index is 2.72. The molecule has 0 radical (unpaired) electrons. The van der Waals surface area contributed by atoms with E-state index < -0.39 is 18.4 Å². The zero-order valence-electron chi connectivity index (χ0n) is 13.0. The molecule has 0 atom stereocenters. The molecule has 0 saturated heterocycles. The molecule has 0 aromatic heterocycles. The van der Waals surface area contributed by atoms with E-state index in [0.717, 1.165) is 18.3 Å². The molecule has 1 aliphatic rings. The molecule has 0 nitrogen and oxygen atoms in total. The van der Waals surface area contributed by atoms with Gasteiger partial charge in [0, 0.05) is 0 Å². The van der Waals surface area contributed by atoms with Crippen LogP contribution in [0.25, 0.3) is 0 Å². The second-order valence-corrected chi connectivity index (χ2v) is 19.2. The van der Waals surface area contributed by atoms with Crippen molar-refractivity contribution in [1.29, 1.82) is 0 Å². The summed E-state index contributed by atoms with van der Waals surface area (Å²) >= 11 is -1.95. The van der Waals surface area contributed by atoms with Crippen LogP contribution in [-0.4, -0.2) is 25.1 Å². The Kier molecular flexibility index (Phi) is 5.02. The number of hydrogen-bond acceptors (Lipinski definition) is 0. The van der Waals surface area contributed by atoms with Crippen molar-refractivity contribution >= 4 is 25.1 Å². The van der Waals surface area contributed by atoms with Gasteiger partial charge in [0.05, 0.1) is 0 Å². The van der Waals surface area contributed by atoms with E-state index in [1.54, 1.807) is 11.0 Å². The molecule has 1 rings (SSSR count). The van der Waals surface area contributed by atoms with Gasteiger partial charge in [-0.05, 0) is 0 Å². The van der Waals surface area contributed by atoms with E-state index in [4.69, 9.17) is 0 Å². The van der Waals surface area contributed by atoms with Crippen molar-refractivity contribution in [2.45, 2.75) is 63.1 Å². The predicted molar refractivity (Wildman–Crippen MR) is 84.4 cm³/mol. The van der Waals surface area contributed by atoms with Crippen LogP contribution in [-0.2, 0) is 0 Å². The summed E-state index contributed by atoms with van der Waals surface area (Å²) in [5.74, 6) is 2.20. The van der Waals surface area contributed by atoms with Gasteiger partial charge in [-0.15, -0.1) is 0 Å². The van der Waals surface area contributed by atoms with Crippen LogP contribution in [0.5, 0.6) is 0 Å². The zero-order chi connectivity index (χ0) is 13.4. The van der Waals surface area contributed by atoms with Crippen molar-refractivity contribution < 1.29 is 0 Å². The Morgan fingerprint density at radius 1 is 0.882 bits per heavy atom. The number of allylic oxidation sites excluding steroid dienone is 2. The molecule has 0 bridgehead atoms. The minimum absolute atomic E-state index is 0.694. The normalized spacial score (nSPS) is 19.0. The van der Waals surface area contributed by atoms with Crippen LogP contribution in [0.2, 0.25) is 21.5 Å². The standard InChI is InChI=1S/C13H23B.2CH3.Sn/c1-9(2)12(7)13(8)14(10(3)4)11(5)6;;;/h7-11H,1-6H3;2*1H3;. The van der Waals surface area contributed by atoms with Gasteiger partial charge in [0.1, 0.15) is 0 Å². The molecule has 1 aliphatic heterocycles. The van der Waals surface area contributed by atoms with E-state index >= 15 is 0 Å². The maximum atomic E-state index is 2.72. The minimum atomic E-state index is -1.95. The molecule has 0 unspecified atom stereocenters. The summed E-state index contributed by atoms with van der Waals surface area (Å²) in [6, 6.07) is 0. The van der Waals surface area contributed by atoms with E-state index in [1.807, 2.05) is 0 Å². The molecule has 0 fully saturated rings. The predicted octanol–water partition coefficient (Wildman–Crippen LogP) is 5.15. The Labute approximate surface area is 113 Å². The van der Waals surface area contributed by atoms with Crippen LogP contribution in [0.4, 0.5) is 0 Å². The fourth-order valence-corrected chi connectivity index (χ4v) is 10.6. The van der Waals surface area contributed by atoms with E-state index in [2.05, 4.69) is 59.6 Å². The van der Waals surface area contributed by atoms with Gasteiger partial charge in [-0.1, -0.05) is 0 Å². The van der Waals surface area contributed by atoms with Crippen LogP contribution >= 0.6 is 0 Å². The van der Waals surface area contributed by atoms with Crippen molar-refractivity contribution in [3.8, 4) is 0 Å². The molecule has 2 heteroatoms. The molecule has 17 heavy (non-hydrogen) atoms. The molecule has 0 spiro atoms. The van der Waals surface area contributed by atoms with Gasteiger partial charge in [-0.3, -0.25) is 0 Å². The van der Waals surface area contributed by atoms with Crippen molar-refractivity contribution in [3.05, 3.63) is 19.2 Å². The van der Waals surface area contributed by atoms with Crippen LogP contribution in [0.15, 0.2) is 19.2 Å². The Morgan fingerprint density at radius 3 is 1.71 bits per heavy atom. The van der Waals surface area contributed by atoms with Crippen LogP contribution < -0.4 is 0 Å². The van der Waals surface area contributed by atoms with Crippen molar-refractivity contribution in [1.82, 2.24) is 0 Å². The number of rotatable bonds is 4. The zero-order valence-corrected chi connectivity index (χ0v) is 15.8. The average molecular weight is 339 g/mol. The Bertz CT molecular complexity index is 327. The van der Waals surface area contributed by atoms with E-state index in [-0.39, 0.29) is 0 Å². The van der Waals surface area contributed by atoms with Gasteiger partial charge in [0.25, 0.3) is 0 Å². The van der Waals surface area contributed by atoms with Gasteiger partial charge in [-0.25, -0.2) is 0 Å². The third-order valence-corrected chi connectivity index (χ3v) is 9.83. The summed E-state index contributed by atoms with van der Waals surface area (Å²) in [5, 5.41) is 0. The van der Waals surface area contributed by atoms with E-state index in [0.29, 0.717) is 5.92 Å². The first kappa shape index (κ1) is 15.4. The Balaban J connectivity index is 3.15. The van der Waals surface area contributed by atoms with Crippen LogP contribution in [0, 0.1) is 5.92 Å². The van der Waals surface area contributed by atoms with Crippen LogP contribution in [0.1, 0.15) is 41.5 Å². The quantitative estimate of drug-likeness (QED) is 0.622. The summed E-state index contributed by atoms with van der Waals surface area (Å²) in [4.78, 5) is 5.06. The Hall–Kier alpha value is 0.344. The first-order chi connectivity index (χ1) is 7.65. The van der Waals surface area contributed by atoms with Crippen LogP contribution in [0.3, 0.4) is 0 Å². The van der Waals surface area contributed by atoms with Gasteiger partial charge >= 0.3 is 113 Å². The third kappa shape index (κ3) is 3.65. The van der Waals surface area contributed by atoms with Gasteiger partial charge < -0.3 is 0 Å². The topological polar surface area (TPSA) is 0 Å². The molecule has 96 valence electrons. The fourth-order valence-electron chi connectivity index (χ4n) is 3.29. The van der Waals surface area contributed by atoms with Gasteiger partial charge in [0.2, 0.25) is 0 Å². The molecular weight excluding hydrogens is 310 g/mol. The second-order valence-electron chi connectivity index (χ2n) is 7.19. The summed E-state index contributed by atoms with van der Waals surface area (Å²) < 4.78 is 5.40. The molecule has 0 aliphatic carbocycles. The molecule has 0 aromatic rings. The van der Waals surface area contributed by atoms with Gasteiger partial charge in [-0.2, -0.15) is 0 Å². The Morgan fingerprint density at radius 2 is 1.35 bits per heavy atom. The summed E-state index contributed by atoms with van der Waals surface area (Å²) in [6.45, 7) is 15.0. The molecule has 0 amide bonds.